The fraction of sp³-hybridized carbons (Fsp3) is 0.0625. The monoisotopic (exact) mass is 421 g/mol. The Bertz CT molecular complexity index is 1280. The molecular weight excluding hydrogens is 412 g/mol. The lowest BCUT2D eigenvalue weighted by atomic mass is 10.2. The van der Waals surface area contributed by atoms with Crippen LogP contribution in [0, 0.1) is 23.6 Å². The Morgan fingerprint density at radius 1 is 1.28 bits per heavy atom. The van der Waals surface area contributed by atoms with Crippen molar-refractivity contribution in [3.63, 3.8) is 0 Å². The Morgan fingerprint density at radius 2 is 2.03 bits per heavy atom. The van der Waals surface area contributed by atoms with Crippen LogP contribution in [0.4, 0.5) is 8.78 Å². The Morgan fingerprint density at radius 3 is 2.66 bits per heavy atom. The smallest absolute Gasteiger partial charge is 0.362 e. The Labute approximate surface area is 161 Å². The van der Waals surface area contributed by atoms with Crippen molar-refractivity contribution in [3.05, 3.63) is 53.1 Å². The van der Waals surface area contributed by atoms with E-state index in [0.717, 1.165) is 24.6 Å². The predicted octanol–water partition coefficient (Wildman–Crippen LogP) is 1.17. The number of benzene rings is 1. The number of hydrogen-bond acceptors (Lipinski definition) is 8. The van der Waals surface area contributed by atoms with E-state index in [9.17, 15) is 22.0 Å². The Balaban J connectivity index is 1.83. The van der Waals surface area contributed by atoms with Crippen LogP contribution >= 0.6 is 0 Å². The number of aromatic amines is 1. The van der Waals surface area contributed by atoms with Gasteiger partial charge in [-0.25, -0.2) is 27.7 Å². The molecule has 29 heavy (non-hydrogen) atoms. The second-order valence-corrected chi connectivity index (χ2v) is 7.40. The molecule has 2 N–H and O–H groups in total. The predicted molar refractivity (Wildman–Crippen MR) is 90.9 cm³/mol. The zero-order chi connectivity index (χ0) is 21.2. The molecule has 0 unspecified atom stereocenters. The van der Waals surface area contributed by atoms with Gasteiger partial charge in [-0.15, -0.1) is 5.10 Å². The van der Waals surface area contributed by atoms with Gasteiger partial charge in [0.1, 0.15) is 10.7 Å². The third-order valence-electron chi connectivity index (χ3n) is 3.29. The number of aromatic nitrogens is 5. The lowest BCUT2D eigenvalue weighted by Gasteiger charge is -2.02. The molecule has 3 rings (SSSR count). The number of nitrogens with one attached hydrogen (secondary N) is 1. The van der Waals surface area contributed by atoms with Crippen LogP contribution in [-0.2, 0) is 9.84 Å². The van der Waals surface area contributed by atoms with E-state index in [-0.39, 0.29) is 17.3 Å². The van der Waals surface area contributed by atoms with Gasteiger partial charge in [-0.05, 0) is 24.1 Å². The number of sulfone groups is 1. The van der Waals surface area contributed by atoms with Crippen LogP contribution in [-0.4, -0.2) is 51.1 Å². The van der Waals surface area contributed by atoms with Crippen molar-refractivity contribution in [3.8, 4) is 23.6 Å². The molecule has 0 saturated heterocycles. The lowest BCUT2D eigenvalue weighted by molar-refractivity contribution is 0.0687. The van der Waals surface area contributed by atoms with E-state index in [4.69, 9.17) is 9.84 Å². The van der Waals surface area contributed by atoms with Crippen LogP contribution in [0.1, 0.15) is 21.7 Å². The van der Waals surface area contributed by atoms with Crippen LogP contribution in [0.5, 0.6) is 11.8 Å². The largest absolute Gasteiger partial charge is 0.476 e. The normalized spacial score (nSPS) is 10.9. The maximum absolute atomic E-state index is 14.1. The summed E-state index contributed by atoms with van der Waals surface area (Å²) in [4.78, 5) is 17.6. The molecule has 13 heteroatoms. The number of halogens is 2. The van der Waals surface area contributed by atoms with Crippen LogP contribution in [0.15, 0.2) is 29.3 Å². The lowest BCUT2D eigenvalue weighted by Crippen LogP contribution is -2.02. The van der Waals surface area contributed by atoms with Gasteiger partial charge in [0.15, 0.2) is 15.5 Å². The van der Waals surface area contributed by atoms with Crippen LogP contribution in [0.2, 0.25) is 0 Å². The Kier molecular flexibility index (Phi) is 5.20. The minimum Gasteiger partial charge on any atom is -0.476 e. The zero-order valence-corrected chi connectivity index (χ0v) is 15.2. The fourth-order valence-electron chi connectivity index (χ4n) is 2.03. The number of carboxylic acids is 1. The highest BCUT2D eigenvalue weighted by molar-refractivity contribution is 7.90. The average molecular weight is 421 g/mol. The van der Waals surface area contributed by atoms with E-state index in [1.54, 1.807) is 0 Å². The van der Waals surface area contributed by atoms with E-state index in [0.29, 0.717) is 0 Å². The van der Waals surface area contributed by atoms with Gasteiger partial charge >= 0.3 is 5.97 Å². The topological polar surface area (TPSA) is 148 Å². The molecule has 10 nitrogen and oxygen atoms in total. The molecule has 148 valence electrons. The summed E-state index contributed by atoms with van der Waals surface area (Å²) < 4.78 is 55.8. The minimum absolute atomic E-state index is 0.0889. The highest BCUT2D eigenvalue weighted by Crippen LogP contribution is 2.20. The van der Waals surface area contributed by atoms with E-state index < -0.39 is 43.9 Å². The summed E-state index contributed by atoms with van der Waals surface area (Å²) in [5, 5.41) is 17.6. The SMILES string of the molecule is CS(=O)(=O)c1ccc(C#Cc2ncc(Oc3[nH]nnc3C(=O)O)nc2F)cc1F. The van der Waals surface area contributed by atoms with Crippen LogP contribution < -0.4 is 4.74 Å². The van der Waals surface area contributed by atoms with Gasteiger partial charge in [0.25, 0.3) is 11.8 Å². The van der Waals surface area contributed by atoms with Crippen molar-refractivity contribution in [1.29, 1.82) is 0 Å². The number of carboxylic acid groups (broad SMARTS) is 1. The average Bonchev–Trinajstić information content (AvgIpc) is 3.08. The minimum atomic E-state index is -3.73. The highest BCUT2D eigenvalue weighted by atomic mass is 32.2. The Hall–Kier alpha value is -3.92. The van der Waals surface area contributed by atoms with Crippen molar-refractivity contribution in [2.75, 3.05) is 6.26 Å². The molecule has 2 aromatic heterocycles. The van der Waals surface area contributed by atoms with Gasteiger partial charge in [0.05, 0.1) is 6.20 Å². The zero-order valence-electron chi connectivity index (χ0n) is 14.3. The number of H-pyrrole nitrogens is 1. The van der Waals surface area contributed by atoms with Gasteiger partial charge in [-0.3, -0.25) is 0 Å². The quantitative estimate of drug-likeness (QED) is 0.592. The van der Waals surface area contributed by atoms with Crippen molar-refractivity contribution in [2.24, 2.45) is 0 Å². The summed E-state index contributed by atoms with van der Waals surface area (Å²) in [5.41, 5.74) is -0.840. The van der Waals surface area contributed by atoms with E-state index in [1.807, 2.05) is 0 Å². The first-order valence-electron chi connectivity index (χ1n) is 7.51. The van der Waals surface area contributed by atoms with Gasteiger partial charge in [0, 0.05) is 11.8 Å². The van der Waals surface area contributed by atoms with E-state index >= 15 is 0 Å². The van der Waals surface area contributed by atoms with Gasteiger partial charge in [-0.1, -0.05) is 11.1 Å². The van der Waals surface area contributed by atoms with Crippen LogP contribution in [0.3, 0.4) is 0 Å². The number of hydrogen-bond donors (Lipinski definition) is 2. The first-order chi connectivity index (χ1) is 13.6. The molecule has 0 aliphatic heterocycles. The highest BCUT2D eigenvalue weighted by Gasteiger charge is 2.18. The number of nitrogens with zero attached hydrogens (tertiary/aromatic N) is 4. The first-order valence-corrected chi connectivity index (χ1v) is 9.40. The van der Waals surface area contributed by atoms with Crippen molar-refractivity contribution in [1.82, 2.24) is 25.4 Å². The van der Waals surface area contributed by atoms with Gasteiger partial charge < -0.3 is 9.84 Å². The molecule has 0 saturated carbocycles. The standard InChI is InChI=1S/C16H9F2N5O5S/c1-29(26,27)11-5-3-8(6-9(11)17)2-4-10-14(18)20-12(7-19-10)28-15-13(16(24)25)21-23-22-15/h3,5-7H,1H3,(H,24,25)(H,21,22,23). The van der Waals surface area contributed by atoms with Gasteiger partial charge in [0.2, 0.25) is 11.6 Å². The fourth-order valence-corrected chi connectivity index (χ4v) is 2.76. The first kappa shape index (κ1) is 19.8. The van der Waals surface area contributed by atoms with Crippen molar-refractivity contribution < 1.29 is 31.8 Å². The number of rotatable bonds is 4. The van der Waals surface area contributed by atoms with Crippen LogP contribution in [0.25, 0.3) is 0 Å². The second-order valence-electron chi connectivity index (χ2n) is 5.41. The summed E-state index contributed by atoms with van der Waals surface area (Å²) in [6, 6.07) is 3.20. The number of aromatic carboxylic acids is 1. The molecule has 0 fully saturated rings. The summed E-state index contributed by atoms with van der Waals surface area (Å²) in [6.45, 7) is 0. The third-order valence-corrected chi connectivity index (χ3v) is 4.42. The molecule has 0 aliphatic carbocycles. The van der Waals surface area contributed by atoms with E-state index in [2.05, 4.69) is 37.2 Å². The molecule has 0 aliphatic rings. The molecule has 2 heterocycles. The maximum Gasteiger partial charge on any atom is 0.362 e. The summed E-state index contributed by atoms with van der Waals surface area (Å²) in [6.07, 6.45) is 1.84. The summed E-state index contributed by atoms with van der Waals surface area (Å²) in [7, 11) is -3.73. The third kappa shape index (κ3) is 4.50. The molecule has 0 spiro atoms. The molecule has 0 amide bonds. The molecule has 0 radical (unpaired) electrons. The molecule has 3 aromatic rings. The number of carbonyl (C=O) groups is 1. The summed E-state index contributed by atoms with van der Waals surface area (Å²) in [5.74, 6) is 0.480. The molecule has 1 aromatic carbocycles. The van der Waals surface area contributed by atoms with Crippen molar-refractivity contribution >= 4 is 15.8 Å². The van der Waals surface area contributed by atoms with Crippen molar-refractivity contribution in [2.45, 2.75) is 4.90 Å². The molecular formula is C16H9F2N5O5S. The molecule has 0 bridgehead atoms. The second kappa shape index (κ2) is 7.60. The van der Waals surface area contributed by atoms with Gasteiger partial charge in [-0.2, -0.15) is 9.37 Å². The maximum atomic E-state index is 14.1. The molecule has 0 atom stereocenters. The summed E-state index contributed by atoms with van der Waals surface area (Å²) >= 11 is 0. The number of ether oxygens (including phenoxy) is 1. The van der Waals surface area contributed by atoms with E-state index in [1.165, 1.54) is 6.07 Å².